The van der Waals surface area contributed by atoms with Crippen LogP contribution in [-0.2, 0) is 4.74 Å². The number of nitrogens with one attached hydrogen (secondary N) is 1. The van der Waals surface area contributed by atoms with Crippen molar-refractivity contribution in [1.29, 1.82) is 0 Å². The van der Waals surface area contributed by atoms with Crippen molar-refractivity contribution in [2.75, 3.05) is 11.9 Å². The summed E-state index contributed by atoms with van der Waals surface area (Å²) in [6.07, 6.45) is 4.84. The van der Waals surface area contributed by atoms with Gasteiger partial charge in [0, 0.05) is 24.3 Å². The molecule has 0 radical (unpaired) electrons. The van der Waals surface area contributed by atoms with Crippen LogP contribution in [0.1, 0.15) is 27.2 Å². The minimum Gasteiger partial charge on any atom is -0.464 e. The lowest BCUT2D eigenvalue weighted by Gasteiger charge is -2.51. The van der Waals surface area contributed by atoms with Gasteiger partial charge in [0.15, 0.2) is 0 Å². The molecule has 19 heavy (non-hydrogen) atoms. The molecule has 3 rings (SSSR count). The zero-order valence-corrected chi connectivity index (χ0v) is 11.6. The molecule has 4 nitrogen and oxygen atoms in total. The molecule has 2 unspecified atom stereocenters. The highest BCUT2D eigenvalue weighted by Crippen LogP contribution is 2.44. The van der Waals surface area contributed by atoms with E-state index in [1.54, 1.807) is 12.5 Å². The second-order valence-corrected chi connectivity index (χ2v) is 5.69. The molecule has 0 bridgehead atoms. The first-order chi connectivity index (χ1) is 9.13. The standard InChI is InChI=1S/C15H20N2O2/c1-4-18-13-9-12(15(13,2)3)17-14-10-6-8-19-11(10)5-7-16-14/h5-8,12-13H,4,9H2,1-3H3,(H,16,17). The van der Waals surface area contributed by atoms with Gasteiger partial charge >= 0.3 is 0 Å². The van der Waals surface area contributed by atoms with Gasteiger partial charge in [0.05, 0.1) is 17.8 Å². The second kappa shape index (κ2) is 4.53. The van der Waals surface area contributed by atoms with Crippen LogP contribution in [0.5, 0.6) is 0 Å². The maximum atomic E-state index is 5.75. The molecule has 1 aliphatic carbocycles. The molecule has 1 N–H and O–H groups in total. The molecule has 2 aromatic rings. The van der Waals surface area contributed by atoms with Crippen molar-refractivity contribution in [1.82, 2.24) is 4.98 Å². The largest absolute Gasteiger partial charge is 0.464 e. The number of pyridine rings is 1. The lowest BCUT2D eigenvalue weighted by molar-refractivity contribution is -0.0976. The van der Waals surface area contributed by atoms with Crippen molar-refractivity contribution in [2.24, 2.45) is 5.41 Å². The molecule has 0 amide bonds. The minimum atomic E-state index is 0.129. The monoisotopic (exact) mass is 260 g/mol. The Balaban J connectivity index is 1.78. The Labute approximate surface area is 113 Å². The van der Waals surface area contributed by atoms with Gasteiger partial charge in [-0.15, -0.1) is 0 Å². The molecule has 0 aromatic carbocycles. The summed E-state index contributed by atoms with van der Waals surface area (Å²) in [5.41, 5.74) is 1.000. The van der Waals surface area contributed by atoms with Gasteiger partial charge in [-0.25, -0.2) is 4.98 Å². The summed E-state index contributed by atoms with van der Waals surface area (Å²) in [4.78, 5) is 4.43. The molecule has 1 fully saturated rings. The first-order valence-electron chi connectivity index (χ1n) is 6.83. The highest BCUT2D eigenvalue weighted by atomic mass is 16.5. The third-order valence-corrected chi connectivity index (χ3v) is 4.24. The first-order valence-corrected chi connectivity index (χ1v) is 6.83. The number of furan rings is 1. The molecule has 2 atom stereocenters. The predicted molar refractivity (Wildman–Crippen MR) is 75.2 cm³/mol. The molecular weight excluding hydrogens is 240 g/mol. The van der Waals surface area contributed by atoms with Gasteiger partial charge in [-0.2, -0.15) is 0 Å². The van der Waals surface area contributed by atoms with E-state index in [4.69, 9.17) is 9.15 Å². The van der Waals surface area contributed by atoms with Gasteiger partial charge in [0.1, 0.15) is 11.4 Å². The fraction of sp³-hybridized carbons (Fsp3) is 0.533. The number of aromatic nitrogens is 1. The zero-order valence-electron chi connectivity index (χ0n) is 11.6. The number of nitrogens with zero attached hydrogens (tertiary/aromatic N) is 1. The SMILES string of the molecule is CCOC1CC(Nc2nccc3occc23)C1(C)C. The Kier molecular flexibility index (Phi) is 2.97. The normalized spacial score (nSPS) is 25.2. The van der Waals surface area contributed by atoms with Crippen LogP contribution in [0.3, 0.4) is 0 Å². The summed E-state index contributed by atoms with van der Waals surface area (Å²) in [5, 5.41) is 4.57. The molecule has 1 saturated carbocycles. The molecule has 2 heterocycles. The summed E-state index contributed by atoms with van der Waals surface area (Å²) < 4.78 is 11.2. The Morgan fingerprint density at radius 2 is 2.32 bits per heavy atom. The van der Waals surface area contributed by atoms with Crippen LogP contribution in [0.15, 0.2) is 29.0 Å². The third-order valence-electron chi connectivity index (χ3n) is 4.24. The molecule has 0 saturated heterocycles. The maximum Gasteiger partial charge on any atom is 0.139 e. The van der Waals surface area contributed by atoms with Gasteiger partial charge in [0.25, 0.3) is 0 Å². The highest BCUT2D eigenvalue weighted by molar-refractivity contribution is 5.88. The zero-order chi connectivity index (χ0) is 13.5. The first kappa shape index (κ1) is 12.5. The van der Waals surface area contributed by atoms with E-state index < -0.39 is 0 Å². The van der Waals surface area contributed by atoms with Crippen LogP contribution < -0.4 is 5.32 Å². The van der Waals surface area contributed by atoms with E-state index in [1.165, 1.54) is 0 Å². The molecule has 4 heteroatoms. The van der Waals surface area contributed by atoms with Crippen LogP contribution in [0.25, 0.3) is 11.0 Å². The number of fused-ring (bicyclic) bond motifs is 1. The van der Waals surface area contributed by atoms with E-state index in [1.807, 2.05) is 19.1 Å². The molecule has 0 aliphatic heterocycles. The average molecular weight is 260 g/mol. The minimum absolute atomic E-state index is 0.129. The summed E-state index contributed by atoms with van der Waals surface area (Å²) in [7, 11) is 0. The fourth-order valence-corrected chi connectivity index (χ4v) is 2.79. The molecule has 2 aromatic heterocycles. The van der Waals surface area contributed by atoms with Gasteiger partial charge in [-0.05, 0) is 25.5 Å². The Hall–Kier alpha value is -1.55. The Morgan fingerprint density at radius 3 is 3.05 bits per heavy atom. The van der Waals surface area contributed by atoms with E-state index >= 15 is 0 Å². The van der Waals surface area contributed by atoms with E-state index in [-0.39, 0.29) is 5.41 Å². The Bertz CT molecular complexity index is 576. The van der Waals surface area contributed by atoms with Crippen LogP contribution in [0.2, 0.25) is 0 Å². The second-order valence-electron chi connectivity index (χ2n) is 5.69. The molecular formula is C15H20N2O2. The number of hydrogen-bond donors (Lipinski definition) is 1. The summed E-state index contributed by atoms with van der Waals surface area (Å²) in [6.45, 7) is 7.30. The summed E-state index contributed by atoms with van der Waals surface area (Å²) in [6, 6.07) is 4.23. The van der Waals surface area contributed by atoms with Crippen LogP contribution >= 0.6 is 0 Å². The van der Waals surface area contributed by atoms with Crippen LogP contribution in [-0.4, -0.2) is 23.7 Å². The summed E-state index contributed by atoms with van der Waals surface area (Å²) in [5.74, 6) is 0.902. The maximum absolute atomic E-state index is 5.75. The number of hydrogen-bond acceptors (Lipinski definition) is 4. The van der Waals surface area contributed by atoms with E-state index in [0.717, 1.165) is 29.8 Å². The van der Waals surface area contributed by atoms with Gasteiger partial charge in [-0.3, -0.25) is 0 Å². The topological polar surface area (TPSA) is 47.3 Å². The van der Waals surface area contributed by atoms with Gasteiger partial charge < -0.3 is 14.5 Å². The van der Waals surface area contributed by atoms with Crippen molar-refractivity contribution in [3.8, 4) is 0 Å². The average Bonchev–Trinajstić information content (AvgIpc) is 2.86. The van der Waals surface area contributed by atoms with Crippen LogP contribution in [0, 0.1) is 5.41 Å². The number of ether oxygens (including phenoxy) is 1. The van der Waals surface area contributed by atoms with Crippen LogP contribution in [0.4, 0.5) is 5.82 Å². The quantitative estimate of drug-likeness (QED) is 0.914. The van der Waals surface area contributed by atoms with Gasteiger partial charge in [0.2, 0.25) is 0 Å². The lowest BCUT2D eigenvalue weighted by Crippen LogP contribution is -2.58. The molecule has 1 aliphatic rings. The molecule has 102 valence electrons. The van der Waals surface area contributed by atoms with Crippen molar-refractivity contribution in [2.45, 2.75) is 39.3 Å². The van der Waals surface area contributed by atoms with E-state index in [0.29, 0.717) is 12.1 Å². The smallest absolute Gasteiger partial charge is 0.139 e. The summed E-state index contributed by atoms with van der Waals surface area (Å²) >= 11 is 0. The number of anilines is 1. The molecule has 0 spiro atoms. The van der Waals surface area contributed by atoms with E-state index in [9.17, 15) is 0 Å². The van der Waals surface area contributed by atoms with Crippen molar-refractivity contribution in [3.05, 3.63) is 24.6 Å². The van der Waals surface area contributed by atoms with Gasteiger partial charge in [-0.1, -0.05) is 13.8 Å². The Morgan fingerprint density at radius 1 is 1.47 bits per heavy atom. The number of rotatable bonds is 4. The predicted octanol–water partition coefficient (Wildman–Crippen LogP) is 3.44. The van der Waals surface area contributed by atoms with Crippen molar-refractivity contribution < 1.29 is 9.15 Å². The van der Waals surface area contributed by atoms with Crippen molar-refractivity contribution >= 4 is 16.8 Å². The van der Waals surface area contributed by atoms with Crippen molar-refractivity contribution in [3.63, 3.8) is 0 Å². The highest BCUT2D eigenvalue weighted by Gasteiger charge is 2.49. The lowest BCUT2D eigenvalue weighted by atomic mass is 9.64. The fourth-order valence-electron chi connectivity index (χ4n) is 2.79. The van der Waals surface area contributed by atoms with E-state index in [2.05, 4.69) is 24.1 Å². The third kappa shape index (κ3) is 2.00.